The molecule has 0 atom stereocenters. The average Bonchev–Trinajstić information content (AvgIpc) is 2.47. The van der Waals surface area contributed by atoms with E-state index < -0.39 is 4.92 Å². The minimum absolute atomic E-state index is 0.127. The van der Waals surface area contributed by atoms with Crippen LogP contribution >= 0.6 is 0 Å². The highest BCUT2D eigenvalue weighted by atomic mass is 16.6. The summed E-state index contributed by atoms with van der Waals surface area (Å²) in [7, 11) is 0. The molecule has 0 unspecified atom stereocenters. The standard InChI is InChI=1S/C11H16N6O3/c12-1-2-16(13)10-7-9(17(18)19)8-14-11(10)15-3-5-20-6-4-15/h1-2,7-8H,3-6,12-13H2/b2-1-. The molecule has 108 valence electrons. The Bertz CT molecular complexity index is 515. The highest BCUT2D eigenvalue weighted by Gasteiger charge is 2.21. The first-order valence-corrected chi connectivity index (χ1v) is 6.03. The molecule has 0 amide bonds. The molecule has 0 aromatic carbocycles. The van der Waals surface area contributed by atoms with Crippen LogP contribution in [-0.4, -0.2) is 36.2 Å². The second kappa shape index (κ2) is 6.17. The Hall–Kier alpha value is -2.39. The van der Waals surface area contributed by atoms with Gasteiger partial charge in [0.2, 0.25) is 0 Å². The maximum absolute atomic E-state index is 10.9. The Labute approximate surface area is 115 Å². The minimum Gasteiger partial charge on any atom is -0.403 e. The Balaban J connectivity index is 2.40. The molecule has 20 heavy (non-hydrogen) atoms. The fourth-order valence-corrected chi connectivity index (χ4v) is 1.92. The second-order valence-corrected chi connectivity index (χ2v) is 4.14. The fraction of sp³-hybridized carbons (Fsp3) is 0.364. The highest BCUT2D eigenvalue weighted by molar-refractivity contribution is 5.70. The Kier molecular flexibility index (Phi) is 4.33. The van der Waals surface area contributed by atoms with Crippen molar-refractivity contribution in [3.05, 3.63) is 34.8 Å². The zero-order chi connectivity index (χ0) is 14.5. The van der Waals surface area contributed by atoms with E-state index in [-0.39, 0.29) is 5.69 Å². The van der Waals surface area contributed by atoms with Crippen LogP contribution in [0.3, 0.4) is 0 Å². The number of hydrogen-bond acceptors (Lipinski definition) is 8. The van der Waals surface area contributed by atoms with Gasteiger partial charge in [0.1, 0.15) is 11.9 Å². The molecule has 4 N–H and O–H groups in total. The van der Waals surface area contributed by atoms with E-state index in [9.17, 15) is 10.1 Å². The van der Waals surface area contributed by atoms with Gasteiger partial charge in [-0.15, -0.1) is 0 Å². The van der Waals surface area contributed by atoms with Crippen LogP contribution in [0.1, 0.15) is 0 Å². The van der Waals surface area contributed by atoms with Crippen molar-refractivity contribution >= 4 is 17.2 Å². The molecule has 0 aliphatic carbocycles. The fourth-order valence-electron chi connectivity index (χ4n) is 1.92. The van der Waals surface area contributed by atoms with E-state index in [4.69, 9.17) is 16.3 Å². The Morgan fingerprint density at radius 2 is 2.20 bits per heavy atom. The molecule has 2 heterocycles. The molecule has 1 aliphatic rings. The van der Waals surface area contributed by atoms with Crippen molar-refractivity contribution in [3.8, 4) is 0 Å². The maximum atomic E-state index is 10.9. The van der Waals surface area contributed by atoms with Gasteiger partial charge in [-0.2, -0.15) is 0 Å². The van der Waals surface area contributed by atoms with Gasteiger partial charge in [-0.3, -0.25) is 15.1 Å². The first kappa shape index (κ1) is 14.0. The molecule has 1 fully saturated rings. The predicted molar refractivity (Wildman–Crippen MR) is 73.9 cm³/mol. The molecule has 1 aliphatic heterocycles. The van der Waals surface area contributed by atoms with Crippen LogP contribution in [0.2, 0.25) is 0 Å². The SMILES string of the molecule is N/C=C\N(N)c1cc([N+](=O)[O-])cnc1N1CCOCC1. The molecule has 0 bridgehead atoms. The molecular formula is C11H16N6O3. The third-order valence-electron chi connectivity index (χ3n) is 2.88. The maximum Gasteiger partial charge on any atom is 0.289 e. The quantitative estimate of drug-likeness (QED) is 0.446. The van der Waals surface area contributed by atoms with Crippen LogP contribution < -0.4 is 21.5 Å². The summed E-state index contributed by atoms with van der Waals surface area (Å²) in [6.45, 7) is 2.46. The van der Waals surface area contributed by atoms with Gasteiger partial charge in [0.05, 0.1) is 18.1 Å². The van der Waals surface area contributed by atoms with Crippen LogP contribution in [0.25, 0.3) is 0 Å². The summed E-state index contributed by atoms with van der Waals surface area (Å²) in [4.78, 5) is 16.5. The molecule has 1 aromatic rings. The van der Waals surface area contributed by atoms with E-state index in [1.165, 1.54) is 29.7 Å². The smallest absolute Gasteiger partial charge is 0.289 e. The van der Waals surface area contributed by atoms with Gasteiger partial charge in [0.15, 0.2) is 5.82 Å². The summed E-state index contributed by atoms with van der Waals surface area (Å²) in [5.74, 6) is 6.40. The van der Waals surface area contributed by atoms with Gasteiger partial charge in [0.25, 0.3) is 5.69 Å². The lowest BCUT2D eigenvalue weighted by atomic mass is 10.3. The number of morpholine rings is 1. The van der Waals surface area contributed by atoms with Gasteiger partial charge >= 0.3 is 0 Å². The number of pyridine rings is 1. The van der Waals surface area contributed by atoms with Crippen molar-refractivity contribution in [2.45, 2.75) is 0 Å². The molecule has 9 nitrogen and oxygen atoms in total. The number of hydrogen-bond donors (Lipinski definition) is 2. The van der Waals surface area contributed by atoms with Crippen molar-refractivity contribution in [3.63, 3.8) is 0 Å². The summed E-state index contributed by atoms with van der Waals surface area (Å²) in [6, 6.07) is 1.37. The molecular weight excluding hydrogens is 264 g/mol. The lowest BCUT2D eigenvalue weighted by Crippen LogP contribution is -2.38. The largest absolute Gasteiger partial charge is 0.403 e. The molecule has 0 spiro atoms. The molecule has 1 saturated heterocycles. The summed E-state index contributed by atoms with van der Waals surface area (Å²) < 4.78 is 5.27. The van der Waals surface area contributed by atoms with Crippen LogP contribution in [0.5, 0.6) is 0 Å². The molecule has 1 aromatic heterocycles. The Morgan fingerprint density at radius 1 is 1.50 bits per heavy atom. The number of hydrazine groups is 1. The summed E-state index contributed by atoms with van der Waals surface area (Å²) >= 11 is 0. The van der Waals surface area contributed by atoms with Crippen LogP contribution in [0, 0.1) is 10.1 Å². The highest BCUT2D eigenvalue weighted by Crippen LogP contribution is 2.30. The Morgan fingerprint density at radius 3 is 2.80 bits per heavy atom. The topological polar surface area (TPSA) is 124 Å². The van der Waals surface area contributed by atoms with Crippen molar-refractivity contribution in [2.75, 3.05) is 36.2 Å². The van der Waals surface area contributed by atoms with E-state index >= 15 is 0 Å². The van der Waals surface area contributed by atoms with E-state index in [0.29, 0.717) is 37.8 Å². The molecule has 0 saturated carbocycles. The van der Waals surface area contributed by atoms with Gasteiger partial charge in [-0.05, 0) is 0 Å². The normalized spacial score (nSPS) is 15.6. The first-order valence-electron chi connectivity index (χ1n) is 6.03. The first-order chi connectivity index (χ1) is 9.63. The molecule has 9 heteroatoms. The molecule has 2 rings (SSSR count). The second-order valence-electron chi connectivity index (χ2n) is 4.14. The monoisotopic (exact) mass is 280 g/mol. The number of nitro groups is 1. The third-order valence-corrected chi connectivity index (χ3v) is 2.88. The molecule has 0 radical (unpaired) electrons. The zero-order valence-corrected chi connectivity index (χ0v) is 10.8. The third kappa shape index (κ3) is 2.95. The van der Waals surface area contributed by atoms with Crippen molar-refractivity contribution in [2.24, 2.45) is 11.6 Å². The number of nitrogens with two attached hydrogens (primary N) is 2. The zero-order valence-electron chi connectivity index (χ0n) is 10.8. The van der Waals surface area contributed by atoms with Crippen LogP contribution in [-0.2, 0) is 4.74 Å². The van der Waals surface area contributed by atoms with Gasteiger partial charge in [-0.1, -0.05) is 0 Å². The van der Waals surface area contributed by atoms with Gasteiger partial charge in [0, 0.05) is 31.6 Å². The number of rotatable bonds is 4. The van der Waals surface area contributed by atoms with E-state index in [1.54, 1.807) is 0 Å². The van der Waals surface area contributed by atoms with Crippen LogP contribution in [0.15, 0.2) is 24.7 Å². The van der Waals surface area contributed by atoms with E-state index in [2.05, 4.69) is 4.98 Å². The van der Waals surface area contributed by atoms with E-state index in [1.807, 2.05) is 4.90 Å². The lowest BCUT2D eigenvalue weighted by molar-refractivity contribution is -0.385. The summed E-state index contributed by atoms with van der Waals surface area (Å²) in [6.07, 6.45) is 3.88. The minimum atomic E-state index is -0.514. The van der Waals surface area contributed by atoms with Crippen molar-refractivity contribution in [1.82, 2.24) is 4.98 Å². The van der Waals surface area contributed by atoms with Crippen LogP contribution in [0.4, 0.5) is 17.2 Å². The lowest BCUT2D eigenvalue weighted by Gasteiger charge is -2.30. The van der Waals surface area contributed by atoms with Crippen molar-refractivity contribution < 1.29 is 9.66 Å². The van der Waals surface area contributed by atoms with Gasteiger partial charge in [-0.25, -0.2) is 10.8 Å². The summed E-state index contributed by atoms with van der Waals surface area (Å²) in [5, 5.41) is 12.1. The summed E-state index contributed by atoms with van der Waals surface area (Å²) in [5.41, 5.74) is 5.60. The number of ether oxygens (including phenoxy) is 1. The van der Waals surface area contributed by atoms with E-state index in [0.717, 1.165) is 0 Å². The van der Waals surface area contributed by atoms with Gasteiger partial charge < -0.3 is 15.4 Å². The number of anilines is 2. The number of aromatic nitrogens is 1. The number of nitrogens with zero attached hydrogens (tertiary/aromatic N) is 4. The van der Waals surface area contributed by atoms with Crippen molar-refractivity contribution in [1.29, 1.82) is 0 Å². The predicted octanol–water partition coefficient (Wildman–Crippen LogP) is -0.0636. The average molecular weight is 280 g/mol.